The topological polar surface area (TPSA) is 202 Å². The van der Waals surface area contributed by atoms with E-state index in [4.69, 9.17) is 29.2 Å². The summed E-state index contributed by atoms with van der Waals surface area (Å²) in [5.41, 5.74) is 5.54. The van der Waals surface area contributed by atoms with Gasteiger partial charge in [0.25, 0.3) is 0 Å². The van der Waals surface area contributed by atoms with E-state index in [1.807, 2.05) is 59.0 Å². The predicted octanol–water partition coefficient (Wildman–Crippen LogP) is 8.90. The molecule has 3 fully saturated rings. The number of fused-ring (bicyclic) bond motifs is 5. The highest BCUT2D eigenvalue weighted by Gasteiger charge is 2.41. The van der Waals surface area contributed by atoms with Crippen molar-refractivity contribution < 1.29 is 37.8 Å². The molecule has 19 heteroatoms. The predicted molar refractivity (Wildman–Crippen MR) is 256 cm³/mol. The van der Waals surface area contributed by atoms with E-state index in [1.165, 1.54) is 20.3 Å². The van der Waals surface area contributed by atoms with Gasteiger partial charge in [-0.1, -0.05) is 33.8 Å². The number of H-pyrrole nitrogens is 2. The van der Waals surface area contributed by atoms with Gasteiger partial charge in [0.15, 0.2) is 0 Å². The molecule has 2 saturated heterocycles. The molecule has 4 N–H and O–H groups in total. The minimum absolute atomic E-state index is 0.154. The molecule has 1 saturated carbocycles. The molecule has 0 bridgehead atoms. The zero-order valence-corrected chi connectivity index (χ0v) is 40.5. The Hall–Kier alpha value is -6.76. The number of halogens is 1. The smallest absolute Gasteiger partial charge is 0.407 e. The molecule has 4 aliphatic rings. The summed E-state index contributed by atoms with van der Waals surface area (Å²) in [7, 11) is 2.55. The molecule has 0 spiro atoms. The van der Waals surface area contributed by atoms with Gasteiger partial charge in [-0.3, -0.25) is 14.2 Å². The van der Waals surface area contributed by atoms with Crippen molar-refractivity contribution in [1.82, 2.24) is 49.9 Å². The van der Waals surface area contributed by atoms with Gasteiger partial charge in [0.1, 0.15) is 35.3 Å². The number of imidazole rings is 2. The molecular formula is C50H57FN10O7S. The molecular weight excluding hydrogens is 904 g/mol. The number of benzene rings is 2. The third-order valence-electron chi connectivity index (χ3n) is 14.0. The largest absolute Gasteiger partial charge is 0.464 e. The van der Waals surface area contributed by atoms with Crippen LogP contribution >= 0.6 is 11.3 Å². The maximum absolute atomic E-state index is 17.1. The summed E-state index contributed by atoms with van der Waals surface area (Å²) in [6.07, 6.45) is 8.52. The number of likely N-dealkylation sites (tertiary alicyclic amines) is 2. The fraction of sp³-hybridized carbons (Fsp3) is 0.460. The second-order valence-corrected chi connectivity index (χ2v) is 20.3. The number of methoxy groups -OCH3 is 2. The summed E-state index contributed by atoms with van der Waals surface area (Å²) in [5, 5.41) is 7.38. The second-order valence-electron chi connectivity index (χ2n) is 19.2. The van der Waals surface area contributed by atoms with Gasteiger partial charge in [-0.05, 0) is 87.1 Å². The summed E-state index contributed by atoms with van der Waals surface area (Å²) in [5.74, 6) is 0.863. The summed E-state index contributed by atoms with van der Waals surface area (Å²) < 4.78 is 35.7. The highest BCUT2D eigenvalue weighted by molar-refractivity contribution is 7.11. The number of hydrogen-bond donors (Lipinski definition) is 4. The SMILES string of the molecule is COC(=O)NC(C(=O)N1CCC[C@H]1c1ncc(-c2cc(F)c3c(c2)OC(c2cnc(C4CC4)s2)n2c-3c(C)c3cc(-c4cnc([C@@H]5CCCN5C(=O)C(NC(=O)OC)C(C)C)[nH]4)ccc32)[nH]1)C(C)C. The number of aromatic nitrogens is 6. The van der Waals surface area contributed by atoms with Crippen molar-refractivity contribution in [2.45, 2.75) is 109 Å². The number of rotatable bonds is 12. The van der Waals surface area contributed by atoms with Crippen LogP contribution in [0.5, 0.6) is 5.75 Å². The van der Waals surface area contributed by atoms with Gasteiger partial charge in [-0.25, -0.2) is 28.9 Å². The van der Waals surface area contributed by atoms with Crippen molar-refractivity contribution in [3.63, 3.8) is 0 Å². The van der Waals surface area contributed by atoms with E-state index in [9.17, 15) is 19.2 Å². The fourth-order valence-corrected chi connectivity index (χ4v) is 11.3. The minimum atomic E-state index is -0.773. The first-order valence-corrected chi connectivity index (χ1v) is 24.6. The Morgan fingerprint density at radius 1 is 0.783 bits per heavy atom. The minimum Gasteiger partial charge on any atom is -0.464 e. The molecule has 2 aromatic carbocycles. The summed E-state index contributed by atoms with van der Waals surface area (Å²) in [4.78, 5) is 77.6. The number of carbonyl (C=O) groups is 4. The van der Waals surface area contributed by atoms with Crippen LogP contribution in [-0.4, -0.2) is 103 Å². The number of aryl methyl sites for hydroxylation is 1. The highest BCUT2D eigenvalue weighted by Crippen LogP contribution is 2.51. The van der Waals surface area contributed by atoms with Crippen molar-refractivity contribution >= 4 is 46.2 Å². The Kier molecular flexibility index (Phi) is 12.2. The van der Waals surface area contributed by atoms with E-state index in [1.54, 1.807) is 33.5 Å². The zero-order valence-electron chi connectivity index (χ0n) is 39.7. The first-order valence-electron chi connectivity index (χ1n) is 23.8. The molecule has 362 valence electrons. The lowest BCUT2D eigenvalue weighted by Gasteiger charge is -2.30. The van der Waals surface area contributed by atoms with Crippen LogP contribution in [0.25, 0.3) is 44.7 Å². The number of nitrogens with one attached hydrogen (secondary N) is 4. The number of carbonyl (C=O) groups excluding carboxylic acids is 4. The Morgan fingerprint density at radius 3 is 1.91 bits per heavy atom. The van der Waals surface area contributed by atoms with Gasteiger partial charge in [-0.2, -0.15) is 0 Å². The fourth-order valence-electron chi connectivity index (χ4n) is 10.2. The van der Waals surface area contributed by atoms with Gasteiger partial charge >= 0.3 is 12.2 Å². The van der Waals surface area contributed by atoms with Gasteiger partial charge in [-0.15, -0.1) is 11.3 Å². The Labute approximate surface area is 402 Å². The number of amides is 4. The molecule has 1 aliphatic carbocycles. The Bertz CT molecular complexity index is 2970. The van der Waals surface area contributed by atoms with Crippen molar-refractivity contribution in [1.29, 1.82) is 0 Å². The van der Waals surface area contributed by atoms with E-state index in [2.05, 4.69) is 31.2 Å². The lowest BCUT2D eigenvalue weighted by molar-refractivity contribution is -0.136. The normalized spacial score (nSPS) is 19.7. The summed E-state index contributed by atoms with van der Waals surface area (Å²) in [6, 6.07) is 7.31. The van der Waals surface area contributed by atoms with Crippen LogP contribution in [0, 0.1) is 24.6 Å². The monoisotopic (exact) mass is 960 g/mol. The van der Waals surface area contributed by atoms with Crippen LogP contribution in [0.2, 0.25) is 0 Å². The number of alkyl carbamates (subject to hydrolysis) is 2. The molecule has 3 aliphatic heterocycles. The standard InChI is InChI=1S/C50H57FN10O7S/c1-24(2)40(57-49(64)66-6)46(62)59-16-8-10-35(59)43-52-21-32(55-43)28-14-15-34-30(18-28)26(5)42-39-31(51)19-29(20-37(39)68-48(61(34)42)38-23-54-45(69-38)27-12-13-27)33-22-53-44(56-33)36-11-9-17-60(36)47(63)41(25(3)4)58-50(65)67-7/h14-15,18-25,27,35-36,40-41,48H,8-13,16-17H2,1-7H3,(H,52,55)(H,53,56)(H,57,64)(H,58,65)/t35-,36-,40?,41?,48?/m0/s1. The number of ether oxygens (including phenoxy) is 3. The van der Waals surface area contributed by atoms with E-state index >= 15 is 4.39 Å². The van der Waals surface area contributed by atoms with Gasteiger partial charge in [0, 0.05) is 41.7 Å². The molecule has 10 rings (SSSR count). The molecule has 3 unspecified atom stereocenters. The van der Waals surface area contributed by atoms with E-state index in [-0.39, 0.29) is 35.7 Å². The van der Waals surface area contributed by atoms with Crippen LogP contribution in [-0.2, 0) is 19.1 Å². The maximum atomic E-state index is 17.1. The zero-order chi connectivity index (χ0) is 48.4. The van der Waals surface area contributed by atoms with Gasteiger partial charge < -0.3 is 44.6 Å². The average Bonchev–Trinajstić information content (AvgIpc) is 4.05. The molecule has 17 nitrogen and oxygen atoms in total. The molecule has 0 radical (unpaired) electrons. The average molecular weight is 961 g/mol. The first kappa shape index (κ1) is 46.0. The van der Waals surface area contributed by atoms with Crippen LogP contribution in [0.15, 0.2) is 48.9 Å². The Morgan fingerprint density at radius 2 is 1.36 bits per heavy atom. The molecule has 6 aromatic rings. The molecule has 7 heterocycles. The number of hydrogen-bond acceptors (Lipinski definition) is 11. The van der Waals surface area contributed by atoms with Crippen LogP contribution in [0.4, 0.5) is 14.0 Å². The molecule has 5 atom stereocenters. The van der Waals surface area contributed by atoms with Crippen molar-refractivity contribution in [2.75, 3.05) is 27.3 Å². The molecule has 69 heavy (non-hydrogen) atoms. The van der Waals surface area contributed by atoms with Crippen molar-refractivity contribution in [3.8, 4) is 39.5 Å². The van der Waals surface area contributed by atoms with E-state index < -0.39 is 36.3 Å². The van der Waals surface area contributed by atoms with Gasteiger partial charge in [0.05, 0.1) is 76.7 Å². The molecule has 4 amide bonds. The van der Waals surface area contributed by atoms with Gasteiger partial charge in [0.2, 0.25) is 18.0 Å². The molecule has 4 aromatic heterocycles. The first-order chi connectivity index (χ1) is 33.2. The third-order valence-corrected chi connectivity index (χ3v) is 15.2. The maximum Gasteiger partial charge on any atom is 0.407 e. The lowest BCUT2D eigenvalue weighted by atomic mass is 10.00. The third kappa shape index (κ3) is 8.37. The van der Waals surface area contributed by atoms with Crippen LogP contribution in [0.3, 0.4) is 0 Å². The number of aromatic amines is 2. The lowest BCUT2D eigenvalue weighted by Crippen LogP contribution is -2.51. The van der Waals surface area contributed by atoms with E-state index in [0.717, 1.165) is 69.7 Å². The Balaban J connectivity index is 0.981. The van der Waals surface area contributed by atoms with Crippen LogP contribution in [0.1, 0.15) is 118 Å². The van der Waals surface area contributed by atoms with Crippen LogP contribution < -0.4 is 15.4 Å². The van der Waals surface area contributed by atoms with E-state index in [0.29, 0.717) is 65.3 Å². The summed E-state index contributed by atoms with van der Waals surface area (Å²) >= 11 is 1.63. The van der Waals surface area contributed by atoms with Crippen molar-refractivity contribution in [2.24, 2.45) is 11.8 Å². The highest BCUT2D eigenvalue weighted by atomic mass is 32.1. The second kappa shape index (κ2) is 18.3. The quantitative estimate of drug-likeness (QED) is 0.0918. The number of nitrogens with zero attached hydrogens (tertiary/aromatic N) is 6. The number of thiazole rings is 1. The van der Waals surface area contributed by atoms with Crippen molar-refractivity contribution in [3.05, 3.63) is 81.8 Å². The summed E-state index contributed by atoms with van der Waals surface area (Å²) in [6.45, 7) is 10.6.